The average Bonchev–Trinajstić information content (AvgIpc) is 2.91. The number of nitrogens with zero attached hydrogens (tertiary/aromatic N) is 1. The second-order valence-corrected chi connectivity index (χ2v) is 11.7. The van der Waals surface area contributed by atoms with Gasteiger partial charge in [-0.05, 0) is 48.6 Å². The Labute approximate surface area is 235 Å². The van der Waals surface area contributed by atoms with Crippen LogP contribution >= 0.6 is 0 Å². The molecule has 2 rings (SSSR count). The first kappa shape index (κ1) is 33.5. The van der Waals surface area contributed by atoms with Crippen LogP contribution in [0.15, 0.2) is 48.5 Å². The minimum absolute atomic E-state index is 0.0280. The summed E-state index contributed by atoms with van der Waals surface area (Å²) in [4.78, 5) is 12.8. The third-order valence-corrected chi connectivity index (χ3v) is 8.14. The van der Waals surface area contributed by atoms with Gasteiger partial charge < -0.3 is 20.5 Å². The summed E-state index contributed by atoms with van der Waals surface area (Å²) in [5, 5.41) is 16.7. The largest absolute Gasteiger partial charge is 0.497 e. The number of amides is 1. The monoisotopic (exact) mass is 587 g/mol. The van der Waals surface area contributed by atoms with E-state index in [0.717, 1.165) is 17.7 Å². The van der Waals surface area contributed by atoms with Gasteiger partial charge in [-0.2, -0.15) is 13.2 Å². The number of hydrogen-bond acceptors (Lipinski definition) is 6. The van der Waals surface area contributed by atoms with Crippen LogP contribution in [0.25, 0.3) is 0 Å². The number of carbonyl (C=O) groups is 1. The molecule has 1 amide bonds. The van der Waals surface area contributed by atoms with Gasteiger partial charge in [0.1, 0.15) is 5.75 Å². The predicted octanol–water partition coefficient (Wildman–Crippen LogP) is 3.73. The fourth-order valence-corrected chi connectivity index (χ4v) is 5.84. The van der Waals surface area contributed by atoms with Crippen LogP contribution in [0.2, 0.25) is 0 Å². The van der Waals surface area contributed by atoms with Crippen LogP contribution in [0.5, 0.6) is 5.75 Å². The molecule has 0 aromatic heterocycles. The van der Waals surface area contributed by atoms with Crippen molar-refractivity contribution in [1.29, 1.82) is 0 Å². The smallest absolute Gasteiger partial charge is 0.416 e. The summed E-state index contributed by atoms with van der Waals surface area (Å²) in [7, 11) is -2.12. The quantitative estimate of drug-likeness (QED) is 0.260. The highest BCUT2D eigenvalue weighted by molar-refractivity contribution is 7.89. The van der Waals surface area contributed by atoms with Crippen LogP contribution in [-0.4, -0.2) is 68.4 Å². The molecule has 12 heteroatoms. The van der Waals surface area contributed by atoms with E-state index in [2.05, 4.69) is 10.6 Å². The molecule has 0 fully saturated rings. The zero-order valence-corrected chi connectivity index (χ0v) is 24.0. The van der Waals surface area contributed by atoms with Crippen molar-refractivity contribution in [1.82, 2.24) is 14.9 Å². The van der Waals surface area contributed by atoms with Gasteiger partial charge in [0.15, 0.2) is 0 Å². The molecule has 8 nitrogen and oxygen atoms in total. The highest BCUT2D eigenvalue weighted by Gasteiger charge is 2.31. The van der Waals surface area contributed by atoms with E-state index in [9.17, 15) is 31.5 Å². The number of carbonyl (C=O) groups excluding carboxylic acids is 1. The van der Waals surface area contributed by atoms with Gasteiger partial charge in [-0.25, -0.2) is 12.7 Å². The number of methoxy groups -OCH3 is 1. The molecule has 0 aliphatic heterocycles. The molecule has 0 aliphatic rings. The molecule has 2 atom stereocenters. The van der Waals surface area contributed by atoms with Gasteiger partial charge in [0, 0.05) is 32.6 Å². The summed E-state index contributed by atoms with van der Waals surface area (Å²) in [5.74, 6) is -0.347. The van der Waals surface area contributed by atoms with E-state index in [1.54, 1.807) is 13.2 Å². The van der Waals surface area contributed by atoms with Gasteiger partial charge in [0.05, 0.1) is 30.6 Å². The van der Waals surface area contributed by atoms with Gasteiger partial charge in [0.2, 0.25) is 15.9 Å². The second kappa shape index (κ2) is 15.9. The fraction of sp³-hybridized carbons (Fsp3) is 0.536. The van der Waals surface area contributed by atoms with Crippen molar-refractivity contribution in [2.24, 2.45) is 0 Å². The van der Waals surface area contributed by atoms with E-state index in [4.69, 9.17) is 4.74 Å². The maximum Gasteiger partial charge on any atom is 0.416 e. The Hall–Kier alpha value is -2.67. The maximum absolute atomic E-state index is 13.2. The molecule has 40 heavy (non-hydrogen) atoms. The standard InChI is InChI=1S/C28H40F3N3O5S/c1-4-13-34(14-5-2)40(37,38)15-12-27(36)33-25(18-21-8-6-10-23(16-21)28(29,30)31)26(35)20-32-19-22-9-7-11-24(17-22)39-3/h6-11,16-17,25-26,32,35H,4-5,12-15,18-20H2,1-3H3,(H,33,36)/t25-,26+/m0/s1. The lowest BCUT2D eigenvalue weighted by Gasteiger charge is -2.26. The number of rotatable bonds is 17. The molecule has 0 heterocycles. The van der Waals surface area contributed by atoms with Crippen molar-refractivity contribution < 1.29 is 36.2 Å². The number of sulfonamides is 1. The van der Waals surface area contributed by atoms with Gasteiger partial charge in [-0.3, -0.25) is 4.79 Å². The number of aliphatic hydroxyl groups excluding tert-OH is 1. The van der Waals surface area contributed by atoms with E-state index in [0.29, 0.717) is 38.2 Å². The van der Waals surface area contributed by atoms with Crippen LogP contribution in [-0.2, 0) is 34.0 Å². The summed E-state index contributed by atoms with van der Waals surface area (Å²) in [6, 6.07) is 11.0. The van der Waals surface area contributed by atoms with Crippen LogP contribution in [0.3, 0.4) is 0 Å². The molecule has 0 saturated carbocycles. The molecule has 2 aromatic carbocycles. The third kappa shape index (κ3) is 11.1. The van der Waals surface area contributed by atoms with Crippen LogP contribution in [0, 0.1) is 0 Å². The fourth-order valence-electron chi connectivity index (χ4n) is 4.22. The van der Waals surface area contributed by atoms with E-state index < -0.39 is 45.6 Å². The number of benzene rings is 2. The normalized spacial score (nSPS) is 13.7. The average molecular weight is 588 g/mol. The summed E-state index contributed by atoms with van der Waals surface area (Å²) < 4.78 is 71.8. The van der Waals surface area contributed by atoms with Gasteiger partial charge >= 0.3 is 6.18 Å². The van der Waals surface area contributed by atoms with Gasteiger partial charge in [-0.15, -0.1) is 0 Å². The number of ether oxygens (including phenoxy) is 1. The Morgan fingerprint density at radius 2 is 1.70 bits per heavy atom. The SMILES string of the molecule is CCCN(CCC)S(=O)(=O)CCC(=O)N[C@@H](Cc1cccc(C(F)(F)F)c1)[C@H](O)CNCc1cccc(OC)c1. The molecule has 3 N–H and O–H groups in total. The summed E-state index contributed by atoms with van der Waals surface area (Å²) in [6.07, 6.45) is -4.85. The minimum atomic E-state index is -4.54. The lowest BCUT2D eigenvalue weighted by molar-refractivity contribution is -0.137. The van der Waals surface area contributed by atoms with Crippen LogP contribution in [0.1, 0.15) is 49.8 Å². The molecule has 0 bridgehead atoms. The molecule has 224 valence electrons. The van der Waals surface area contributed by atoms with E-state index >= 15 is 0 Å². The Kier molecular flexibility index (Phi) is 13.4. The third-order valence-electron chi connectivity index (χ3n) is 6.26. The molecular formula is C28H40F3N3O5S. The molecule has 0 saturated heterocycles. The van der Waals surface area contributed by atoms with Crippen molar-refractivity contribution in [2.75, 3.05) is 32.5 Å². The molecule has 0 spiro atoms. The van der Waals surface area contributed by atoms with Gasteiger partial charge in [0.25, 0.3) is 0 Å². The summed E-state index contributed by atoms with van der Waals surface area (Å²) >= 11 is 0. The van der Waals surface area contributed by atoms with Crippen LogP contribution in [0.4, 0.5) is 13.2 Å². The number of aliphatic hydroxyl groups is 1. The molecule has 0 radical (unpaired) electrons. The first-order valence-electron chi connectivity index (χ1n) is 13.3. The molecule has 2 aromatic rings. The number of nitrogens with one attached hydrogen (secondary N) is 2. The van der Waals surface area contributed by atoms with Gasteiger partial charge in [-0.1, -0.05) is 44.2 Å². The zero-order chi connectivity index (χ0) is 29.8. The Morgan fingerprint density at radius 3 is 2.33 bits per heavy atom. The van der Waals surface area contributed by atoms with E-state index in [-0.39, 0.29) is 24.9 Å². The molecular weight excluding hydrogens is 547 g/mol. The Morgan fingerprint density at radius 1 is 1.05 bits per heavy atom. The first-order valence-corrected chi connectivity index (χ1v) is 15.0. The first-order chi connectivity index (χ1) is 18.9. The molecule has 0 aliphatic carbocycles. The highest BCUT2D eigenvalue weighted by atomic mass is 32.2. The second-order valence-electron chi connectivity index (χ2n) is 9.59. The number of alkyl halides is 3. The summed E-state index contributed by atoms with van der Waals surface area (Å²) in [5.41, 5.74) is 0.328. The Balaban J connectivity index is 2.12. The van der Waals surface area contributed by atoms with E-state index in [1.807, 2.05) is 32.0 Å². The number of hydrogen-bond donors (Lipinski definition) is 3. The lowest BCUT2D eigenvalue weighted by Crippen LogP contribution is -2.49. The maximum atomic E-state index is 13.2. The lowest BCUT2D eigenvalue weighted by atomic mass is 9.99. The minimum Gasteiger partial charge on any atom is -0.497 e. The van der Waals surface area contributed by atoms with Crippen molar-refractivity contribution in [3.8, 4) is 5.75 Å². The van der Waals surface area contributed by atoms with Crippen molar-refractivity contribution in [3.63, 3.8) is 0 Å². The summed E-state index contributed by atoms with van der Waals surface area (Å²) in [6.45, 7) is 4.85. The van der Waals surface area contributed by atoms with E-state index in [1.165, 1.54) is 16.4 Å². The highest BCUT2D eigenvalue weighted by Crippen LogP contribution is 2.29. The van der Waals surface area contributed by atoms with Crippen molar-refractivity contribution in [2.45, 2.75) is 64.4 Å². The molecule has 0 unspecified atom stereocenters. The van der Waals surface area contributed by atoms with Crippen molar-refractivity contribution >= 4 is 15.9 Å². The zero-order valence-electron chi connectivity index (χ0n) is 23.2. The topological polar surface area (TPSA) is 108 Å². The number of halogens is 3. The predicted molar refractivity (Wildman–Crippen MR) is 148 cm³/mol. The van der Waals surface area contributed by atoms with Crippen LogP contribution < -0.4 is 15.4 Å². The Bertz CT molecular complexity index is 1170. The van der Waals surface area contributed by atoms with Crippen molar-refractivity contribution in [3.05, 3.63) is 65.2 Å².